The quantitative estimate of drug-likeness (QED) is 0.893. The van der Waals surface area contributed by atoms with Crippen LogP contribution in [0.4, 0.5) is 5.82 Å². The lowest BCUT2D eigenvalue weighted by atomic mass is 9.98. The second-order valence-electron chi connectivity index (χ2n) is 5.95. The lowest BCUT2D eigenvalue weighted by Crippen LogP contribution is -2.30. The normalized spacial score (nSPS) is 29.9. The SMILES string of the molecule is CC(C)Oc1cc(N2CC3CCC(N)C3C2)ncn1. The van der Waals surface area contributed by atoms with Gasteiger partial charge in [0.05, 0.1) is 6.10 Å². The summed E-state index contributed by atoms with van der Waals surface area (Å²) in [5, 5.41) is 0. The van der Waals surface area contributed by atoms with Crippen LogP contribution in [0.5, 0.6) is 5.88 Å². The second kappa shape index (κ2) is 4.96. The molecule has 5 heteroatoms. The van der Waals surface area contributed by atoms with E-state index in [0.717, 1.165) is 24.8 Å². The van der Waals surface area contributed by atoms with Crippen molar-refractivity contribution in [3.8, 4) is 5.88 Å². The summed E-state index contributed by atoms with van der Waals surface area (Å²) in [6.07, 6.45) is 4.15. The minimum Gasteiger partial charge on any atom is -0.475 e. The van der Waals surface area contributed by atoms with Crippen LogP contribution in [0.25, 0.3) is 0 Å². The number of hydrogen-bond acceptors (Lipinski definition) is 5. The van der Waals surface area contributed by atoms with E-state index in [4.69, 9.17) is 10.5 Å². The number of hydrogen-bond donors (Lipinski definition) is 1. The van der Waals surface area contributed by atoms with Gasteiger partial charge in [-0.2, -0.15) is 0 Å². The first-order chi connectivity index (χ1) is 9.13. The highest BCUT2D eigenvalue weighted by Crippen LogP contribution is 2.38. The van der Waals surface area contributed by atoms with Crippen molar-refractivity contribution in [3.05, 3.63) is 12.4 Å². The molecule has 1 aromatic rings. The van der Waals surface area contributed by atoms with Crippen LogP contribution in [-0.4, -0.2) is 35.2 Å². The molecule has 3 unspecified atom stereocenters. The summed E-state index contributed by atoms with van der Waals surface area (Å²) >= 11 is 0. The largest absolute Gasteiger partial charge is 0.475 e. The molecule has 2 N–H and O–H groups in total. The third-order valence-electron chi connectivity index (χ3n) is 4.22. The highest BCUT2D eigenvalue weighted by molar-refractivity contribution is 5.42. The third-order valence-corrected chi connectivity index (χ3v) is 4.22. The molecule has 3 rings (SSSR count). The van der Waals surface area contributed by atoms with Gasteiger partial charge in [0.25, 0.3) is 0 Å². The van der Waals surface area contributed by atoms with Crippen molar-refractivity contribution < 1.29 is 4.74 Å². The summed E-state index contributed by atoms with van der Waals surface area (Å²) in [7, 11) is 0. The molecular formula is C14H22N4O. The van der Waals surface area contributed by atoms with Gasteiger partial charge in [0.2, 0.25) is 5.88 Å². The van der Waals surface area contributed by atoms with Crippen LogP contribution in [0.2, 0.25) is 0 Å². The average Bonchev–Trinajstić information content (AvgIpc) is 2.92. The number of anilines is 1. The van der Waals surface area contributed by atoms with Crippen molar-refractivity contribution in [2.24, 2.45) is 17.6 Å². The maximum Gasteiger partial charge on any atom is 0.218 e. The zero-order valence-corrected chi connectivity index (χ0v) is 11.6. The molecule has 1 aliphatic heterocycles. The Kier molecular flexibility index (Phi) is 3.31. The lowest BCUT2D eigenvalue weighted by Gasteiger charge is -2.20. The number of nitrogens with two attached hydrogens (primary N) is 1. The van der Waals surface area contributed by atoms with Gasteiger partial charge in [0.1, 0.15) is 12.1 Å². The molecule has 0 aromatic carbocycles. The van der Waals surface area contributed by atoms with Crippen molar-refractivity contribution in [1.29, 1.82) is 0 Å². The smallest absolute Gasteiger partial charge is 0.218 e. The summed E-state index contributed by atoms with van der Waals surface area (Å²) in [5.74, 6) is 2.98. The molecule has 3 atom stereocenters. The zero-order chi connectivity index (χ0) is 13.4. The molecule has 2 heterocycles. The van der Waals surface area contributed by atoms with Crippen LogP contribution >= 0.6 is 0 Å². The Bertz CT molecular complexity index is 451. The minimum absolute atomic E-state index is 0.133. The van der Waals surface area contributed by atoms with Crippen molar-refractivity contribution in [2.75, 3.05) is 18.0 Å². The van der Waals surface area contributed by atoms with Crippen LogP contribution < -0.4 is 15.4 Å². The van der Waals surface area contributed by atoms with Gasteiger partial charge in [-0.25, -0.2) is 9.97 Å². The van der Waals surface area contributed by atoms with Gasteiger partial charge in [0, 0.05) is 25.2 Å². The summed E-state index contributed by atoms with van der Waals surface area (Å²) in [4.78, 5) is 10.9. The molecule has 19 heavy (non-hydrogen) atoms. The summed E-state index contributed by atoms with van der Waals surface area (Å²) in [5.41, 5.74) is 6.17. The Morgan fingerprint density at radius 1 is 1.32 bits per heavy atom. The third kappa shape index (κ3) is 2.52. The molecule has 0 amide bonds. The average molecular weight is 262 g/mol. The number of fused-ring (bicyclic) bond motifs is 1. The van der Waals surface area contributed by atoms with Crippen LogP contribution in [0.3, 0.4) is 0 Å². The van der Waals surface area contributed by atoms with Crippen molar-refractivity contribution in [2.45, 2.75) is 38.8 Å². The molecule has 2 aliphatic rings. The first-order valence-electron chi connectivity index (χ1n) is 7.12. The van der Waals surface area contributed by atoms with E-state index < -0.39 is 0 Å². The van der Waals surface area contributed by atoms with E-state index in [1.165, 1.54) is 12.8 Å². The molecular weight excluding hydrogens is 240 g/mol. The summed E-state index contributed by atoms with van der Waals surface area (Å²) in [6.45, 7) is 6.09. The summed E-state index contributed by atoms with van der Waals surface area (Å²) < 4.78 is 5.63. The molecule has 1 saturated heterocycles. The minimum atomic E-state index is 0.133. The standard InChI is InChI=1S/C14H22N4O/c1-9(2)19-14-5-13(16-8-17-14)18-6-10-3-4-12(15)11(10)7-18/h5,8-12H,3-4,6-7,15H2,1-2H3. The van der Waals surface area contributed by atoms with Crippen molar-refractivity contribution in [1.82, 2.24) is 9.97 Å². The molecule has 104 valence electrons. The predicted molar refractivity (Wildman–Crippen MR) is 74.2 cm³/mol. The maximum atomic E-state index is 6.17. The van der Waals surface area contributed by atoms with E-state index in [1.807, 2.05) is 19.9 Å². The van der Waals surface area contributed by atoms with E-state index in [2.05, 4.69) is 14.9 Å². The molecule has 1 aliphatic carbocycles. The molecule has 2 fully saturated rings. The Hall–Kier alpha value is -1.36. The fourth-order valence-corrected chi connectivity index (χ4v) is 3.30. The summed E-state index contributed by atoms with van der Waals surface area (Å²) in [6, 6.07) is 2.30. The highest BCUT2D eigenvalue weighted by atomic mass is 16.5. The Morgan fingerprint density at radius 2 is 2.16 bits per heavy atom. The predicted octanol–water partition coefficient (Wildman–Crippen LogP) is 1.44. The van der Waals surface area contributed by atoms with Gasteiger partial charge in [-0.05, 0) is 38.5 Å². The van der Waals surface area contributed by atoms with E-state index in [-0.39, 0.29) is 6.10 Å². The zero-order valence-electron chi connectivity index (χ0n) is 11.6. The molecule has 5 nitrogen and oxygen atoms in total. The first-order valence-corrected chi connectivity index (χ1v) is 7.12. The maximum absolute atomic E-state index is 6.17. The Balaban J connectivity index is 1.73. The molecule has 1 aromatic heterocycles. The van der Waals surface area contributed by atoms with Crippen molar-refractivity contribution in [3.63, 3.8) is 0 Å². The number of aromatic nitrogens is 2. The van der Waals surface area contributed by atoms with E-state index in [1.54, 1.807) is 6.33 Å². The fourth-order valence-electron chi connectivity index (χ4n) is 3.30. The molecule has 0 spiro atoms. The van der Waals surface area contributed by atoms with Crippen LogP contribution in [0.1, 0.15) is 26.7 Å². The van der Waals surface area contributed by atoms with Gasteiger partial charge in [0.15, 0.2) is 0 Å². The fraction of sp³-hybridized carbons (Fsp3) is 0.714. The Morgan fingerprint density at radius 3 is 2.89 bits per heavy atom. The topological polar surface area (TPSA) is 64.3 Å². The van der Waals surface area contributed by atoms with Crippen LogP contribution in [0, 0.1) is 11.8 Å². The van der Waals surface area contributed by atoms with Crippen molar-refractivity contribution >= 4 is 5.82 Å². The van der Waals surface area contributed by atoms with Gasteiger partial charge in [-0.3, -0.25) is 0 Å². The number of nitrogens with zero attached hydrogens (tertiary/aromatic N) is 3. The van der Waals surface area contributed by atoms with Gasteiger partial charge < -0.3 is 15.4 Å². The van der Waals surface area contributed by atoms with Crippen LogP contribution in [0.15, 0.2) is 12.4 Å². The van der Waals surface area contributed by atoms with E-state index in [0.29, 0.717) is 17.8 Å². The van der Waals surface area contributed by atoms with E-state index in [9.17, 15) is 0 Å². The highest BCUT2D eigenvalue weighted by Gasteiger charge is 2.41. The first kappa shape index (κ1) is 12.7. The monoisotopic (exact) mass is 262 g/mol. The number of rotatable bonds is 3. The second-order valence-corrected chi connectivity index (χ2v) is 5.95. The van der Waals surface area contributed by atoms with Crippen LogP contribution in [-0.2, 0) is 0 Å². The molecule has 0 bridgehead atoms. The van der Waals surface area contributed by atoms with Gasteiger partial charge in [-0.15, -0.1) is 0 Å². The Labute approximate surface area is 114 Å². The lowest BCUT2D eigenvalue weighted by molar-refractivity contribution is 0.232. The van der Waals surface area contributed by atoms with E-state index >= 15 is 0 Å². The number of ether oxygens (including phenoxy) is 1. The van der Waals surface area contributed by atoms with Gasteiger partial charge in [-0.1, -0.05) is 0 Å². The van der Waals surface area contributed by atoms with Gasteiger partial charge >= 0.3 is 0 Å². The molecule has 0 radical (unpaired) electrons. The molecule has 1 saturated carbocycles.